The smallest absolute Gasteiger partial charge is 0.308 e. The van der Waals surface area contributed by atoms with Crippen LogP contribution in [0, 0.1) is 5.92 Å². The lowest BCUT2D eigenvalue weighted by Gasteiger charge is -2.29. The van der Waals surface area contributed by atoms with E-state index in [1.807, 2.05) is 18.2 Å². The number of aromatic nitrogens is 1. The Morgan fingerprint density at radius 1 is 1.35 bits per heavy atom. The van der Waals surface area contributed by atoms with Crippen molar-refractivity contribution in [3.05, 3.63) is 28.9 Å². The number of carbonyl (C=O) groups is 1. The van der Waals surface area contributed by atoms with Crippen LogP contribution in [0.1, 0.15) is 25.7 Å². The highest BCUT2D eigenvalue weighted by molar-refractivity contribution is 9.10. The van der Waals surface area contributed by atoms with Crippen LogP contribution in [0.5, 0.6) is 0 Å². The first kappa shape index (κ1) is 16.1. The SMILES string of the molecule is COC(=O)[C@H]1CC[C@@H](Nc2c(N)cnc3ccc(Br)cc23)CC1. The van der Waals surface area contributed by atoms with Crippen molar-refractivity contribution >= 4 is 44.2 Å². The van der Waals surface area contributed by atoms with E-state index in [0.717, 1.165) is 46.7 Å². The molecule has 6 heteroatoms. The molecule has 0 amide bonds. The maximum atomic E-state index is 11.6. The van der Waals surface area contributed by atoms with Gasteiger partial charge in [0, 0.05) is 15.9 Å². The summed E-state index contributed by atoms with van der Waals surface area (Å²) < 4.78 is 5.84. The number of anilines is 2. The first-order valence-corrected chi connectivity index (χ1v) is 8.56. The van der Waals surface area contributed by atoms with Crippen LogP contribution in [0.25, 0.3) is 10.9 Å². The van der Waals surface area contributed by atoms with Gasteiger partial charge >= 0.3 is 5.97 Å². The Labute approximate surface area is 143 Å². The molecule has 122 valence electrons. The van der Waals surface area contributed by atoms with Gasteiger partial charge in [-0.05, 0) is 43.9 Å². The Hall–Kier alpha value is -1.82. The number of fused-ring (bicyclic) bond motifs is 1. The molecular formula is C17H20BrN3O2. The summed E-state index contributed by atoms with van der Waals surface area (Å²) in [4.78, 5) is 16.0. The number of esters is 1. The molecular weight excluding hydrogens is 358 g/mol. The van der Waals surface area contributed by atoms with Crippen LogP contribution in [0.15, 0.2) is 28.9 Å². The van der Waals surface area contributed by atoms with Crippen molar-refractivity contribution in [1.29, 1.82) is 0 Å². The molecule has 3 N–H and O–H groups in total. The van der Waals surface area contributed by atoms with E-state index < -0.39 is 0 Å². The fourth-order valence-electron chi connectivity index (χ4n) is 3.19. The molecule has 0 unspecified atom stereocenters. The molecule has 0 spiro atoms. The number of rotatable bonds is 3. The van der Waals surface area contributed by atoms with E-state index >= 15 is 0 Å². The van der Waals surface area contributed by atoms with Gasteiger partial charge in [0.15, 0.2) is 0 Å². The topological polar surface area (TPSA) is 77.2 Å². The van der Waals surface area contributed by atoms with E-state index in [1.54, 1.807) is 6.20 Å². The highest BCUT2D eigenvalue weighted by atomic mass is 79.9. The standard InChI is InChI=1S/C17H20BrN3O2/c1-23-17(22)10-2-5-12(6-3-10)21-16-13-8-11(18)4-7-15(13)20-9-14(16)19/h4,7-10,12H,2-3,5-6,19H2,1H3,(H,20,21)/t10-,12+. The summed E-state index contributed by atoms with van der Waals surface area (Å²) in [5.41, 5.74) is 8.62. The van der Waals surface area contributed by atoms with E-state index in [9.17, 15) is 4.79 Å². The largest absolute Gasteiger partial charge is 0.469 e. The molecule has 1 saturated carbocycles. The number of pyridine rings is 1. The minimum absolute atomic E-state index is 0.0266. The molecule has 0 saturated heterocycles. The average molecular weight is 378 g/mol. The summed E-state index contributed by atoms with van der Waals surface area (Å²) >= 11 is 3.50. The number of nitrogen functional groups attached to an aromatic ring is 1. The molecule has 5 nitrogen and oxygen atoms in total. The number of carbonyl (C=O) groups excluding carboxylic acids is 1. The first-order chi connectivity index (χ1) is 11.1. The number of ether oxygens (including phenoxy) is 1. The minimum atomic E-state index is -0.0961. The number of nitrogens with zero attached hydrogens (tertiary/aromatic N) is 1. The fraction of sp³-hybridized carbons (Fsp3) is 0.412. The summed E-state index contributed by atoms with van der Waals surface area (Å²) in [5, 5.41) is 4.57. The summed E-state index contributed by atoms with van der Waals surface area (Å²) in [6.07, 6.45) is 5.24. The second-order valence-electron chi connectivity index (χ2n) is 5.97. The molecule has 3 rings (SSSR count). The molecule has 1 aromatic carbocycles. The van der Waals surface area contributed by atoms with E-state index in [4.69, 9.17) is 10.5 Å². The fourth-order valence-corrected chi connectivity index (χ4v) is 3.55. The number of methoxy groups -OCH3 is 1. The lowest BCUT2D eigenvalue weighted by atomic mass is 9.86. The number of halogens is 1. The average Bonchev–Trinajstić information content (AvgIpc) is 2.57. The van der Waals surface area contributed by atoms with E-state index in [-0.39, 0.29) is 11.9 Å². The summed E-state index contributed by atoms with van der Waals surface area (Å²) in [7, 11) is 1.45. The van der Waals surface area contributed by atoms with Gasteiger partial charge in [-0.25, -0.2) is 0 Å². The molecule has 1 heterocycles. The van der Waals surface area contributed by atoms with Crippen molar-refractivity contribution in [3.63, 3.8) is 0 Å². The summed E-state index contributed by atoms with van der Waals surface area (Å²) in [5.74, 6) is -0.0695. The van der Waals surface area contributed by atoms with Crippen LogP contribution in [0.2, 0.25) is 0 Å². The van der Waals surface area contributed by atoms with Crippen LogP contribution in [-0.4, -0.2) is 24.1 Å². The molecule has 0 aliphatic heterocycles. The lowest BCUT2D eigenvalue weighted by Crippen LogP contribution is -2.30. The zero-order chi connectivity index (χ0) is 16.4. The Morgan fingerprint density at radius 3 is 2.78 bits per heavy atom. The van der Waals surface area contributed by atoms with Crippen molar-refractivity contribution in [2.75, 3.05) is 18.2 Å². The second kappa shape index (κ2) is 6.74. The predicted molar refractivity (Wildman–Crippen MR) is 95.2 cm³/mol. The number of hydrogen-bond acceptors (Lipinski definition) is 5. The molecule has 1 aromatic heterocycles. The van der Waals surface area contributed by atoms with Gasteiger partial charge < -0.3 is 15.8 Å². The van der Waals surface area contributed by atoms with Crippen molar-refractivity contribution in [1.82, 2.24) is 4.98 Å². The van der Waals surface area contributed by atoms with Crippen molar-refractivity contribution in [2.45, 2.75) is 31.7 Å². The van der Waals surface area contributed by atoms with Crippen molar-refractivity contribution in [2.24, 2.45) is 5.92 Å². The molecule has 1 aliphatic carbocycles. The number of benzene rings is 1. The third-order valence-electron chi connectivity index (χ3n) is 4.47. The maximum Gasteiger partial charge on any atom is 0.308 e. The molecule has 1 aliphatic rings. The monoisotopic (exact) mass is 377 g/mol. The second-order valence-corrected chi connectivity index (χ2v) is 6.88. The Balaban J connectivity index is 1.79. The van der Waals surface area contributed by atoms with Crippen LogP contribution in [0.3, 0.4) is 0 Å². The molecule has 0 atom stereocenters. The number of hydrogen-bond donors (Lipinski definition) is 2. The molecule has 2 aromatic rings. The molecule has 0 bridgehead atoms. The van der Waals surface area contributed by atoms with Crippen LogP contribution in [0.4, 0.5) is 11.4 Å². The van der Waals surface area contributed by atoms with Gasteiger partial charge in [0.1, 0.15) is 0 Å². The van der Waals surface area contributed by atoms with Crippen LogP contribution in [-0.2, 0) is 9.53 Å². The zero-order valence-corrected chi connectivity index (χ0v) is 14.6. The molecule has 23 heavy (non-hydrogen) atoms. The molecule has 1 fully saturated rings. The number of nitrogens with one attached hydrogen (secondary N) is 1. The number of nitrogens with two attached hydrogens (primary N) is 1. The van der Waals surface area contributed by atoms with Crippen LogP contribution < -0.4 is 11.1 Å². The third kappa shape index (κ3) is 3.42. The minimum Gasteiger partial charge on any atom is -0.469 e. The zero-order valence-electron chi connectivity index (χ0n) is 13.0. The summed E-state index contributed by atoms with van der Waals surface area (Å²) in [6.45, 7) is 0. The van der Waals surface area contributed by atoms with Gasteiger partial charge in [-0.2, -0.15) is 0 Å². The normalized spacial score (nSPS) is 21.1. The van der Waals surface area contributed by atoms with Gasteiger partial charge in [0.05, 0.1) is 36.1 Å². The van der Waals surface area contributed by atoms with Gasteiger partial charge in [-0.1, -0.05) is 15.9 Å². The maximum absolute atomic E-state index is 11.6. The van der Waals surface area contributed by atoms with E-state index in [0.29, 0.717) is 11.7 Å². The Kier molecular flexibility index (Phi) is 4.71. The van der Waals surface area contributed by atoms with Gasteiger partial charge in [-0.15, -0.1) is 0 Å². The summed E-state index contributed by atoms with van der Waals surface area (Å²) in [6, 6.07) is 6.28. The highest BCUT2D eigenvalue weighted by Crippen LogP contribution is 2.33. The van der Waals surface area contributed by atoms with Gasteiger partial charge in [0.2, 0.25) is 0 Å². The Morgan fingerprint density at radius 2 is 2.09 bits per heavy atom. The lowest BCUT2D eigenvalue weighted by molar-refractivity contribution is -0.146. The van der Waals surface area contributed by atoms with Crippen LogP contribution >= 0.6 is 15.9 Å². The van der Waals surface area contributed by atoms with Crippen molar-refractivity contribution in [3.8, 4) is 0 Å². The third-order valence-corrected chi connectivity index (χ3v) is 4.96. The first-order valence-electron chi connectivity index (χ1n) is 7.76. The van der Waals surface area contributed by atoms with E-state index in [2.05, 4.69) is 26.2 Å². The van der Waals surface area contributed by atoms with E-state index in [1.165, 1.54) is 7.11 Å². The quantitative estimate of drug-likeness (QED) is 0.796. The van der Waals surface area contributed by atoms with Crippen molar-refractivity contribution < 1.29 is 9.53 Å². The van der Waals surface area contributed by atoms with Gasteiger partial charge in [-0.3, -0.25) is 9.78 Å². The predicted octanol–water partition coefficient (Wildman–Crippen LogP) is 3.72. The Bertz CT molecular complexity index is 722. The molecule has 0 radical (unpaired) electrons. The van der Waals surface area contributed by atoms with Gasteiger partial charge in [0.25, 0.3) is 0 Å². The highest BCUT2D eigenvalue weighted by Gasteiger charge is 2.27.